The molecule has 1 aliphatic heterocycles. The Labute approximate surface area is 159 Å². The Hall–Kier alpha value is -2.73. The van der Waals surface area contributed by atoms with Crippen molar-refractivity contribution in [2.75, 3.05) is 13.1 Å². The van der Waals surface area contributed by atoms with Crippen molar-refractivity contribution in [2.24, 2.45) is 5.92 Å². The summed E-state index contributed by atoms with van der Waals surface area (Å²) >= 11 is 0. The fourth-order valence-corrected chi connectivity index (χ4v) is 3.94. The number of tetrazole rings is 1. The number of nitrogens with one attached hydrogen (secondary N) is 1. The van der Waals surface area contributed by atoms with Crippen LogP contribution in [-0.2, 0) is 6.54 Å². The molecule has 1 aliphatic rings. The summed E-state index contributed by atoms with van der Waals surface area (Å²) in [5.74, 6) is 1.94. The fraction of sp³-hybridized carbons (Fsp3) is 0.381. The summed E-state index contributed by atoms with van der Waals surface area (Å²) < 4.78 is 1.91. The zero-order valence-corrected chi connectivity index (χ0v) is 15.6. The van der Waals surface area contributed by atoms with Crippen LogP contribution in [0.15, 0.2) is 54.6 Å². The molecule has 0 amide bonds. The highest BCUT2D eigenvalue weighted by Gasteiger charge is 2.33. The minimum atomic E-state index is 0.0665. The van der Waals surface area contributed by atoms with Crippen molar-refractivity contribution >= 4 is 0 Å². The van der Waals surface area contributed by atoms with Gasteiger partial charge in [0.15, 0.2) is 6.04 Å². The first-order valence-corrected chi connectivity index (χ1v) is 9.64. The zero-order valence-electron chi connectivity index (χ0n) is 15.6. The van der Waals surface area contributed by atoms with Crippen LogP contribution in [-0.4, -0.2) is 38.4 Å². The molecule has 0 aliphatic carbocycles. The van der Waals surface area contributed by atoms with Gasteiger partial charge >= 0.3 is 0 Å². The van der Waals surface area contributed by atoms with Gasteiger partial charge in [0.25, 0.3) is 0 Å². The first-order valence-electron chi connectivity index (χ1n) is 9.64. The first kappa shape index (κ1) is 17.7. The van der Waals surface area contributed by atoms with Gasteiger partial charge in [-0.3, -0.25) is 0 Å². The number of aromatic nitrogens is 4. The van der Waals surface area contributed by atoms with Crippen molar-refractivity contribution < 1.29 is 10.0 Å². The van der Waals surface area contributed by atoms with Crippen molar-refractivity contribution in [3.8, 4) is 5.75 Å². The molecule has 2 aromatic carbocycles. The Bertz CT molecular complexity index is 854. The van der Waals surface area contributed by atoms with Crippen LogP contribution < -0.4 is 4.90 Å². The lowest BCUT2D eigenvalue weighted by Crippen LogP contribution is -3.13. The Morgan fingerprint density at radius 1 is 1.07 bits per heavy atom. The molecule has 2 N–H and O–H groups in total. The number of quaternary nitrogens is 1. The highest BCUT2D eigenvalue weighted by atomic mass is 16.3. The van der Waals surface area contributed by atoms with Crippen molar-refractivity contribution in [3.63, 3.8) is 0 Å². The van der Waals surface area contributed by atoms with Crippen LogP contribution in [0, 0.1) is 5.92 Å². The number of hydrogen-bond acceptors (Lipinski definition) is 4. The maximum Gasteiger partial charge on any atom is 0.214 e. The molecule has 1 saturated heterocycles. The van der Waals surface area contributed by atoms with Crippen molar-refractivity contribution in [3.05, 3.63) is 71.5 Å². The summed E-state index contributed by atoms with van der Waals surface area (Å²) in [6.07, 6.45) is 2.42. The number of phenols is 1. The molecule has 0 bridgehead atoms. The molecule has 0 saturated carbocycles. The molecular weight excluding hydrogens is 338 g/mol. The maximum atomic E-state index is 9.71. The summed E-state index contributed by atoms with van der Waals surface area (Å²) in [4.78, 5) is 1.49. The number of nitrogens with zero attached hydrogens (tertiary/aromatic N) is 4. The van der Waals surface area contributed by atoms with Gasteiger partial charge in [0, 0.05) is 5.56 Å². The number of likely N-dealkylation sites (tertiary alicyclic amines) is 1. The van der Waals surface area contributed by atoms with E-state index in [2.05, 4.69) is 34.6 Å². The van der Waals surface area contributed by atoms with Crippen LogP contribution in [0.1, 0.15) is 42.8 Å². The topological polar surface area (TPSA) is 68.3 Å². The molecule has 140 valence electrons. The van der Waals surface area contributed by atoms with Crippen LogP contribution >= 0.6 is 0 Å². The lowest BCUT2D eigenvalue weighted by Gasteiger charge is -2.33. The second-order valence-corrected chi connectivity index (χ2v) is 7.55. The molecule has 0 unspecified atom stereocenters. The Kier molecular flexibility index (Phi) is 5.16. The molecule has 27 heavy (non-hydrogen) atoms. The highest BCUT2D eigenvalue weighted by molar-refractivity contribution is 5.30. The predicted molar refractivity (Wildman–Crippen MR) is 102 cm³/mol. The van der Waals surface area contributed by atoms with Gasteiger partial charge in [-0.05, 0) is 59.0 Å². The summed E-state index contributed by atoms with van der Waals surface area (Å²) in [5.41, 5.74) is 2.32. The van der Waals surface area contributed by atoms with Crippen LogP contribution in [0.4, 0.5) is 0 Å². The van der Waals surface area contributed by atoms with E-state index in [1.54, 1.807) is 12.1 Å². The predicted octanol–water partition coefficient (Wildman–Crippen LogP) is 1.83. The maximum absolute atomic E-state index is 9.71. The lowest BCUT2D eigenvalue weighted by atomic mass is 9.95. The smallest absolute Gasteiger partial charge is 0.214 e. The molecule has 2 heterocycles. The number of piperidine rings is 1. The summed E-state index contributed by atoms with van der Waals surface area (Å²) in [5, 5.41) is 22.4. The van der Waals surface area contributed by atoms with Gasteiger partial charge in [-0.15, -0.1) is 5.10 Å². The van der Waals surface area contributed by atoms with Gasteiger partial charge in [-0.1, -0.05) is 37.3 Å². The SMILES string of the molecule is CC1CC[NH+]([C@H](c2ccc(O)cc2)c2nnnn2Cc2ccccc2)CC1. The monoisotopic (exact) mass is 364 g/mol. The van der Waals surface area contributed by atoms with E-state index in [9.17, 15) is 5.11 Å². The highest BCUT2D eigenvalue weighted by Crippen LogP contribution is 2.22. The second kappa shape index (κ2) is 7.88. The molecule has 1 atom stereocenters. The second-order valence-electron chi connectivity index (χ2n) is 7.55. The average Bonchev–Trinajstić information content (AvgIpc) is 3.13. The molecule has 6 nitrogen and oxygen atoms in total. The average molecular weight is 364 g/mol. The summed E-state index contributed by atoms with van der Waals surface area (Å²) in [6.45, 7) is 5.18. The van der Waals surface area contributed by atoms with E-state index in [1.165, 1.54) is 23.3 Å². The number of hydrogen-bond donors (Lipinski definition) is 2. The van der Waals surface area contributed by atoms with E-state index >= 15 is 0 Å². The number of phenolic OH excluding ortho intramolecular Hbond substituents is 1. The Morgan fingerprint density at radius 3 is 2.48 bits per heavy atom. The molecular formula is C21H26N5O+. The molecule has 0 spiro atoms. The third kappa shape index (κ3) is 4.01. The van der Waals surface area contributed by atoms with Crippen LogP contribution in [0.25, 0.3) is 0 Å². The molecule has 6 heteroatoms. The normalized spacial score (nSPS) is 21.1. The van der Waals surface area contributed by atoms with Gasteiger partial charge in [0.05, 0.1) is 19.6 Å². The molecule has 1 aromatic heterocycles. The first-order chi connectivity index (χ1) is 13.2. The van der Waals surface area contributed by atoms with Crippen LogP contribution in [0.3, 0.4) is 0 Å². The van der Waals surface area contributed by atoms with Gasteiger partial charge in [0.1, 0.15) is 5.75 Å². The van der Waals surface area contributed by atoms with Crippen molar-refractivity contribution in [2.45, 2.75) is 32.4 Å². The van der Waals surface area contributed by atoms with Crippen molar-refractivity contribution in [1.29, 1.82) is 0 Å². The van der Waals surface area contributed by atoms with E-state index in [0.29, 0.717) is 6.54 Å². The van der Waals surface area contributed by atoms with E-state index in [0.717, 1.165) is 30.4 Å². The van der Waals surface area contributed by atoms with Gasteiger partial charge in [-0.2, -0.15) is 0 Å². The largest absolute Gasteiger partial charge is 0.508 e. The number of benzene rings is 2. The fourth-order valence-electron chi connectivity index (χ4n) is 3.94. The minimum absolute atomic E-state index is 0.0665. The Balaban J connectivity index is 1.69. The van der Waals surface area contributed by atoms with Gasteiger partial charge in [-0.25, -0.2) is 4.68 Å². The van der Waals surface area contributed by atoms with E-state index in [1.807, 2.05) is 35.0 Å². The number of rotatable bonds is 5. The quantitative estimate of drug-likeness (QED) is 0.725. The molecule has 0 radical (unpaired) electrons. The molecule has 4 rings (SSSR count). The van der Waals surface area contributed by atoms with Gasteiger partial charge in [0.2, 0.25) is 5.82 Å². The van der Waals surface area contributed by atoms with Crippen LogP contribution in [0.5, 0.6) is 5.75 Å². The van der Waals surface area contributed by atoms with E-state index < -0.39 is 0 Å². The van der Waals surface area contributed by atoms with Crippen molar-refractivity contribution in [1.82, 2.24) is 20.2 Å². The van der Waals surface area contributed by atoms with E-state index in [4.69, 9.17) is 0 Å². The summed E-state index contributed by atoms with van der Waals surface area (Å²) in [6, 6.07) is 17.8. The third-order valence-corrected chi connectivity index (χ3v) is 5.54. The number of aromatic hydroxyl groups is 1. The third-order valence-electron chi connectivity index (χ3n) is 5.54. The van der Waals surface area contributed by atoms with E-state index in [-0.39, 0.29) is 11.8 Å². The standard InChI is InChI=1S/C21H25N5O/c1-16-11-13-25(14-12-16)20(18-7-9-19(27)10-8-18)21-22-23-24-26(21)15-17-5-3-2-4-6-17/h2-10,16,20,27H,11-15H2,1H3/p+1/t20-/m1/s1. The minimum Gasteiger partial charge on any atom is -0.508 e. The zero-order chi connectivity index (χ0) is 18.6. The Morgan fingerprint density at radius 2 is 1.78 bits per heavy atom. The van der Waals surface area contributed by atoms with Gasteiger partial charge < -0.3 is 10.0 Å². The summed E-state index contributed by atoms with van der Waals surface area (Å²) in [7, 11) is 0. The molecule has 3 aromatic rings. The lowest BCUT2D eigenvalue weighted by molar-refractivity contribution is -0.932. The molecule has 1 fully saturated rings. The van der Waals surface area contributed by atoms with Crippen LogP contribution in [0.2, 0.25) is 0 Å².